The van der Waals surface area contributed by atoms with Crippen LogP contribution in [0.1, 0.15) is 33.3 Å². The van der Waals surface area contributed by atoms with Crippen LogP contribution in [0.2, 0.25) is 0 Å². The van der Waals surface area contributed by atoms with Crippen LogP contribution in [0.25, 0.3) is 0 Å². The molecule has 20 heavy (non-hydrogen) atoms. The summed E-state index contributed by atoms with van der Waals surface area (Å²) in [5.74, 6) is 0.0423. The molecule has 108 valence electrons. The quantitative estimate of drug-likeness (QED) is 0.881. The number of benzene rings is 1. The first-order valence-corrected chi connectivity index (χ1v) is 7.54. The van der Waals surface area contributed by atoms with Gasteiger partial charge in [0.25, 0.3) is 0 Å². The van der Waals surface area contributed by atoms with Crippen molar-refractivity contribution < 1.29 is 9.59 Å². The number of nitrogens with one attached hydrogen (secondary N) is 2. The summed E-state index contributed by atoms with van der Waals surface area (Å²) in [6.45, 7) is 8.01. The summed E-state index contributed by atoms with van der Waals surface area (Å²) in [6.07, 6.45) is 0. The molecule has 0 aromatic heterocycles. The summed E-state index contributed by atoms with van der Waals surface area (Å²) in [7, 11) is 0. The Morgan fingerprint density at radius 1 is 1.40 bits per heavy atom. The van der Waals surface area contributed by atoms with Crippen LogP contribution in [0, 0.1) is 5.41 Å². The Morgan fingerprint density at radius 3 is 2.75 bits per heavy atom. The van der Waals surface area contributed by atoms with Crippen molar-refractivity contribution in [3.05, 3.63) is 23.8 Å². The van der Waals surface area contributed by atoms with E-state index in [4.69, 9.17) is 0 Å². The molecule has 1 unspecified atom stereocenters. The van der Waals surface area contributed by atoms with E-state index in [1.54, 1.807) is 11.8 Å². The van der Waals surface area contributed by atoms with Crippen molar-refractivity contribution in [2.45, 2.75) is 44.4 Å². The number of hydrogen-bond donors (Lipinski definition) is 2. The summed E-state index contributed by atoms with van der Waals surface area (Å²) in [5, 5.41) is 5.74. The second-order valence-electron chi connectivity index (χ2n) is 6.01. The number of anilines is 1. The summed E-state index contributed by atoms with van der Waals surface area (Å²) < 4.78 is 0. The van der Waals surface area contributed by atoms with E-state index in [0.717, 1.165) is 16.1 Å². The molecule has 0 bridgehead atoms. The second kappa shape index (κ2) is 5.48. The van der Waals surface area contributed by atoms with Crippen molar-refractivity contribution in [3.8, 4) is 0 Å². The number of hydrogen-bond acceptors (Lipinski definition) is 3. The molecule has 1 aromatic rings. The van der Waals surface area contributed by atoms with Crippen molar-refractivity contribution in [3.63, 3.8) is 0 Å². The highest BCUT2D eigenvalue weighted by Gasteiger charge is 2.23. The van der Waals surface area contributed by atoms with Gasteiger partial charge in [-0.05, 0) is 24.6 Å². The zero-order valence-corrected chi connectivity index (χ0v) is 13.1. The van der Waals surface area contributed by atoms with E-state index in [0.29, 0.717) is 6.54 Å². The van der Waals surface area contributed by atoms with E-state index >= 15 is 0 Å². The van der Waals surface area contributed by atoms with E-state index in [-0.39, 0.29) is 17.1 Å². The Bertz CT molecular complexity index is 549. The third-order valence-electron chi connectivity index (χ3n) is 3.11. The molecule has 1 atom stereocenters. The van der Waals surface area contributed by atoms with E-state index in [1.165, 1.54) is 0 Å². The maximum absolute atomic E-state index is 11.8. The summed E-state index contributed by atoms with van der Waals surface area (Å²) in [6, 6.07) is 5.91. The van der Waals surface area contributed by atoms with Gasteiger partial charge in [0.05, 0.1) is 10.9 Å². The van der Waals surface area contributed by atoms with Crippen LogP contribution in [0.3, 0.4) is 0 Å². The molecule has 5 heteroatoms. The lowest BCUT2D eigenvalue weighted by Crippen LogP contribution is -2.34. The van der Waals surface area contributed by atoms with Crippen molar-refractivity contribution in [1.82, 2.24) is 5.32 Å². The van der Waals surface area contributed by atoms with Gasteiger partial charge in [-0.25, -0.2) is 0 Å². The topological polar surface area (TPSA) is 58.2 Å². The Morgan fingerprint density at radius 2 is 2.10 bits per heavy atom. The molecule has 0 saturated heterocycles. The molecule has 1 heterocycles. The summed E-state index contributed by atoms with van der Waals surface area (Å²) in [4.78, 5) is 24.6. The lowest BCUT2D eigenvalue weighted by molar-refractivity contribution is -0.128. The third-order valence-corrected chi connectivity index (χ3v) is 4.29. The first-order chi connectivity index (χ1) is 9.27. The van der Waals surface area contributed by atoms with E-state index in [9.17, 15) is 9.59 Å². The minimum Gasteiger partial charge on any atom is -0.352 e. The predicted octanol–water partition coefficient (Wildman–Crippen LogP) is 2.78. The number of rotatable bonds is 2. The lowest BCUT2D eigenvalue weighted by Gasteiger charge is -2.22. The van der Waals surface area contributed by atoms with E-state index in [2.05, 4.69) is 10.6 Å². The van der Waals surface area contributed by atoms with Gasteiger partial charge in [0.1, 0.15) is 0 Å². The number of carbonyl (C=O) groups excluding carboxylic acids is 2. The molecule has 0 fully saturated rings. The smallest absolute Gasteiger partial charge is 0.237 e. The maximum Gasteiger partial charge on any atom is 0.237 e. The Balaban J connectivity index is 2.07. The number of thioether (sulfide) groups is 1. The van der Waals surface area contributed by atoms with Crippen LogP contribution >= 0.6 is 11.8 Å². The van der Waals surface area contributed by atoms with Crippen LogP contribution < -0.4 is 10.6 Å². The van der Waals surface area contributed by atoms with Gasteiger partial charge in [-0.2, -0.15) is 0 Å². The fraction of sp³-hybridized carbons (Fsp3) is 0.467. The maximum atomic E-state index is 11.8. The molecule has 0 radical (unpaired) electrons. The number of carbonyl (C=O) groups is 2. The average molecular weight is 292 g/mol. The van der Waals surface area contributed by atoms with Gasteiger partial charge in [0, 0.05) is 16.9 Å². The van der Waals surface area contributed by atoms with Crippen molar-refractivity contribution in [2.75, 3.05) is 5.32 Å². The Kier molecular flexibility index (Phi) is 4.09. The van der Waals surface area contributed by atoms with E-state index < -0.39 is 5.41 Å². The number of fused-ring (bicyclic) bond motifs is 1. The van der Waals surface area contributed by atoms with Gasteiger partial charge in [0.15, 0.2) is 0 Å². The standard InChI is InChI=1S/C15H20N2O2S/c1-9-13(18)17-11-7-10(5-6-12(11)20-9)8-16-14(19)15(2,3)4/h5-7,9H,8H2,1-4H3,(H,16,19)(H,17,18). The fourth-order valence-electron chi connectivity index (χ4n) is 1.81. The average Bonchev–Trinajstić information content (AvgIpc) is 2.36. The molecular weight excluding hydrogens is 272 g/mol. The predicted molar refractivity (Wildman–Crippen MR) is 81.7 cm³/mol. The van der Waals surface area contributed by atoms with Crippen LogP contribution in [0.4, 0.5) is 5.69 Å². The highest BCUT2D eigenvalue weighted by atomic mass is 32.2. The molecule has 1 aliphatic rings. The Labute approximate surface area is 123 Å². The molecule has 0 saturated carbocycles. The van der Waals surface area contributed by atoms with Crippen LogP contribution in [0.5, 0.6) is 0 Å². The minimum absolute atomic E-state index is 0.0160. The van der Waals surface area contributed by atoms with E-state index in [1.807, 2.05) is 45.9 Å². The Hall–Kier alpha value is -1.49. The highest BCUT2D eigenvalue weighted by Crippen LogP contribution is 2.35. The van der Waals surface area contributed by atoms with Crippen molar-refractivity contribution >= 4 is 29.3 Å². The summed E-state index contributed by atoms with van der Waals surface area (Å²) >= 11 is 1.56. The molecule has 2 amide bonds. The zero-order valence-electron chi connectivity index (χ0n) is 12.2. The normalized spacial score (nSPS) is 18.2. The van der Waals surface area contributed by atoms with Gasteiger partial charge < -0.3 is 10.6 Å². The highest BCUT2D eigenvalue weighted by molar-refractivity contribution is 8.00. The zero-order chi connectivity index (χ0) is 14.9. The minimum atomic E-state index is -0.395. The van der Waals surface area contributed by atoms with Crippen LogP contribution in [-0.2, 0) is 16.1 Å². The number of amides is 2. The molecule has 1 aromatic carbocycles. The molecule has 2 N–H and O–H groups in total. The SMILES string of the molecule is CC1Sc2ccc(CNC(=O)C(C)(C)C)cc2NC1=O. The third kappa shape index (κ3) is 3.33. The van der Waals surface area contributed by atoms with Crippen molar-refractivity contribution in [2.24, 2.45) is 5.41 Å². The molecule has 0 spiro atoms. The van der Waals surface area contributed by atoms with Crippen LogP contribution in [-0.4, -0.2) is 17.1 Å². The van der Waals surface area contributed by atoms with Gasteiger partial charge in [-0.1, -0.05) is 26.8 Å². The molecular formula is C15H20N2O2S. The first-order valence-electron chi connectivity index (χ1n) is 6.66. The monoisotopic (exact) mass is 292 g/mol. The van der Waals surface area contributed by atoms with Gasteiger partial charge in [-0.15, -0.1) is 11.8 Å². The van der Waals surface area contributed by atoms with Gasteiger partial charge in [0.2, 0.25) is 11.8 Å². The van der Waals surface area contributed by atoms with Gasteiger partial charge >= 0.3 is 0 Å². The van der Waals surface area contributed by atoms with Crippen molar-refractivity contribution in [1.29, 1.82) is 0 Å². The molecule has 0 aliphatic carbocycles. The second-order valence-corrected chi connectivity index (χ2v) is 7.40. The summed E-state index contributed by atoms with van der Waals surface area (Å²) in [5.41, 5.74) is 1.42. The van der Waals surface area contributed by atoms with Gasteiger partial charge in [-0.3, -0.25) is 9.59 Å². The van der Waals surface area contributed by atoms with Crippen LogP contribution in [0.15, 0.2) is 23.1 Å². The first kappa shape index (κ1) is 14.9. The molecule has 2 rings (SSSR count). The lowest BCUT2D eigenvalue weighted by atomic mass is 9.95. The largest absolute Gasteiger partial charge is 0.352 e. The molecule has 4 nitrogen and oxygen atoms in total. The fourth-order valence-corrected chi connectivity index (χ4v) is 2.74. The molecule has 1 aliphatic heterocycles.